The van der Waals surface area contributed by atoms with Crippen LogP contribution in [0.2, 0.25) is 5.02 Å². The van der Waals surface area contributed by atoms with Gasteiger partial charge in [-0.25, -0.2) is 15.1 Å². The van der Waals surface area contributed by atoms with E-state index in [-0.39, 0.29) is 6.04 Å². The van der Waals surface area contributed by atoms with Crippen molar-refractivity contribution < 1.29 is 8.42 Å². The van der Waals surface area contributed by atoms with E-state index in [2.05, 4.69) is 14.9 Å². The summed E-state index contributed by atoms with van der Waals surface area (Å²) in [5.74, 6) is 0.774. The summed E-state index contributed by atoms with van der Waals surface area (Å²) in [6, 6.07) is 1.77. The normalized spacial score (nSPS) is 17.3. The number of aromatic nitrogens is 3. The Hall–Kier alpha value is -1.42. The van der Waals surface area contributed by atoms with Crippen molar-refractivity contribution in [1.29, 1.82) is 0 Å². The fraction of sp³-hybridized carbons (Fsp3) is 0.538. The van der Waals surface area contributed by atoms with Gasteiger partial charge in [0, 0.05) is 31.9 Å². The molecule has 10 heteroatoms. The highest BCUT2D eigenvalue weighted by Gasteiger charge is 2.29. The first-order chi connectivity index (χ1) is 10.8. The lowest BCUT2D eigenvalue weighted by Gasteiger charge is -2.36. The standard InChI is InChI=1S/C13H19ClN6O2S/c1-9-7-11(14)12-16-8-17-13(20(9)12)19-5-3-10(4-6-19)18(2)23(15,21)22/h7-8,10H,3-6H2,1-2H3,(H2,15,21,22). The van der Waals surface area contributed by atoms with Crippen LogP contribution in [-0.4, -0.2) is 53.3 Å². The van der Waals surface area contributed by atoms with E-state index in [1.807, 2.05) is 17.4 Å². The summed E-state index contributed by atoms with van der Waals surface area (Å²) in [6.07, 6.45) is 2.87. The minimum absolute atomic E-state index is 0.0899. The van der Waals surface area contributed by atoms with Crippen molar-refractivity contribution in [2.45, 2.75) is 25.8 Å². The highest BCUT2D eigenvalue weighted by atomic mass is 35.5. The van der Waals surface area contributed by atoms with Crippen molar-refractivity contribution in [2.24, 2.45) is 5.14 Å². The zero-order valence-electron chi connectivity index (χ0n) is 13.0. The predicted molar refractivity (Wildman–Crippen MR) is 88.8 cm³/mol. The first-order valence-electron chi connectivity index (χ1n) is 7.28. The molecule has 23 heavy (non-hydrogen) atoms. The molecule has 1 fully saturated rings. The topological polar surface area (TPSA) is 96.8 Å². The Morgan fingerprint density at radius 1 is 1.35 bits per heavy atom. The minimum Gasteiger partial charge on any atom is -0.342 e. The summed E-state index contributed by atoms with van der Waals surface area (Å²) in [5, 5.41) is 5.79. The molecular formula is C13H19ClN6O2S. The number of piperidine rings is 1. The molecule has 3 heterocycles. The average molecular weight is 359 g/mol. The smallest absolute Gasteiger partial charge is 0.276 e. The molecule has 0 spiro atoms. The molecule has 1 aliphatic rings. The average Bonchev–Trinajstić information content (AvgIpc) is 2.81. The summed E-state index contributed by atoms with van der Waals surface area (Å²) >= 11 is 6.19. The van der Waals surface area contributed by atoms with Crippen molar-refractivity contribution >= 4 is 33.4 Å². The van der Waals surface area contributed by atoms with Crippen molar-refractivity contribution in [3.8, 4) is 0 Å². The van der Waals surface area contributed by atoms with Crippen LogP contribution in [0.3, 0.4) is 0 Å². The van der Waals surface area contributed by atoms with E-state index in [9.17, 15) is 8.42 Å². The van der Waals surface area contributed by atoms with Crippen LogP contribution >= 0.6 is 11.6 Å². The van der Waals surface area contributed by atoms with E-state index in [0.29, 0.717) is 36.6 Å². The molecule has 0 aliphatic carbocycles. The Bertz CT molecular complexity index is 828. The van der Waals surface area contributed by atoms with E-state index in [1.54, 1.807) is 0 Å². The lowest BCUT2D eigenvalue weighted by molar-refractivity contribution is 0.311. The van der Waals surface area contributed by atoms with E-state index in [1.165, 1.54) is 17.7 Å². The highest BCUT2D eigenvalue weighted by molar-refractivity contribution is 7.86. The van der Waals surface area contributed by atoms with Crippen molar-refractivity contribution in [2.75, 3.05) is 25.0 Å². The molecule has 1 aliphatic heterocycles. The summed E-state index contributed by atoms with van der Waals surface area (Å²) in [6.45, 7) is 3.32. The Labute approximate surface area is 140 Å². The third-order valence-corrected chi connectivity index (χ3v) is 5.71. The number of hydrogen-bond donors (Lipinski definition) is 1. The number of anilines is 1. The van der Waals surface area contributed by atoms with Gasteiger partial charge in [0.25, 0.3) is 10.2 Å². The lowest BCUT2D eigenvalue weighted by atomic mass is 10.1. The molecule has 0 radical (unpaired) electrons. The SMILES string of the molecule is Cc1cc(Cl)c2ncnc(N3CCC(N(C)S(N)(=O)=O)CC3)n12. The highest BCUT2D eigenvalue weighted by Crippen LogP contribution is 2.26. The van der Waals surface area contributed by atoms with Gasteiger partial charge in [-0.1, -0.05) is 11.6 Å². The zero-order valence-corrected chi connectivity index (χ0v) is 14.5. The van der Waals surface area contributed by atoms with Crippen LogP contribution < -0.4 is 10.0 Å². The van der Waals surface area contributed by atoms with Gasteiger partial charge in [-0.15, -0.1) is 0 Å². The van der Waals surface area contributed by atoms with Crippen LogP contribution in [0.5, 0.6) is 0 Å². The summed E-state index contributed by atoms with van der Waals surface area (Å²) in [5.41, 5.74) is 1.64. The Balaban J connectivity index is 1.84. The van der Waals surface area contributed by atoms with Crippen LogP contribution in [0.4, 0.5) is 5.95 Å². The van der Waals surface area contributed by atoms with Gasteiger partial charge in [-0.2, -0.15) is 12.7 Å². The second kappa shape index (κ2) is 5.90. The van der Waals surface area contributed by atoms with E-state index in [0.717, 1.165) is 11.6 Å². The lowest BCUT2D eigenvalue weighted by Crippen LogP contribution is -2.48. The van der Waals surface area contributed by atoms with Gasteiger partial charge >= 0.3 is 0 Å². The van der Waals surface area contributed by atoms with Crippen molar-refractivity contribution in [1.82, 2.24) is 18.7 Å². The molecule has 8 nitrogen and oxygen atoms in total. The van der Waals surface area contributed by atoms with E-state index in [4.69, 9.17) is 16.7 Å². The number of fused-ring (bicyclic) bond motifs is 1. The fourth-order valence-corrected chi connectivity index (χ4v) is 3.93. The number of aryl methyl sites for hydroxylation is 1. The number of rotatable bonds is 3. The van der Waals surface area contributed by atoms with Crippen LogP contribution in [0.15, 0.2) is 12.4 Å². The maximum Gasteiger partial charge on any atom is 0.276 e. The number of halogens is 1. The van der Waals surface area contributed by atoms with Crippen LogP contribution in [-0.2, 0) is 10.2 Å². The number of nitrogens with zero attached hydrogens (tertiary/aromatic N) is 5. The zero-order chi connectivity index (χ0) is 16.8. The molecule has 3 rings (SSSR count). The van der Waals surface area contributed by atoms with Gasteiger partial charge in [0.15, 0.2) is 5.65 Å². The van der Waals surface area contributed by atoms with Gasteiger partial charge < -0.3 is 4.90 Å². The van der Waals surface area contributed by atoms with Gasteiger partial charge in [0.2, 0.25) is 5.95 Å². The quantitative estimate of drug-likeness (QED) is 0.875. The monoisotopic (exact) mass is 358 g/mol. The molecular weight excluding hydrogens is 340 g/mol. The Morgan fingerprint density at radius 3 is 2.61 bits per heavy atom. The predicted octanol–water partition coefficient (Wildman–Crippen LogP) is 0.795. The molecule has 0 amide bonds. The van der Waals surface area contributed by atoms with Gasteiger partial charge in [-0.3, -0.25) is 4.40 Å². The molecule has 0 bridgehead atoms. The molecule has 0 atom stereocenters. The molecule has 0 saturated carbocycles. The maximum atomic E-state index is 11.5. The minimum atomic E-state index is -3.66. The molecule has 126 valence electrons. The van der Waals surface area contributed by atoms with Crippen LogP contribution in [0, 0.1) is 6.92 Å². The summed E-state index contributed by atoms with van der Waals surface area (Å²) < 4.78 is 26.1. The Morgan fingerprint density at radius 2 is 2.00 bits per heavy atom. The molecule has 0 aromatic carbocycles. The van der Waals surface area contributed by atoms with Crippen molar-refractivity contribution in [3.05, 3.63) is 23.1 Å². The fourth-order valence-electron chi connectivity index (χ4n) is 3.01. The molecule has 0 unspecified atom stereocenters. The third-order valence-electron chi connectivity index (χ3n) is 4.33. The van der Waals surface area contributed by atoms with E-state index >= 15 is 0 Å². The first-order valence-corrected chi connectivity index (χ1v) is 9.16. The van der Waals surface area contributed by atoms with Crippen LogP contribution in [0.1, 0.15) is 18.5 Å². The summed E-state index contributed by atoms with van der Waals surface area (Å²) in [7, 11) is -2.13. The molecule has 2 N–H and O–H groups in total. The second-order valence-electron chi connectivity index (χ2n) is 5.75. The van der Waals surface area contributed by atoms with Gasteiger partial charge in [0.05, 0.1) is 5.02 Å². The summed E-state index contributed by atoms with van der Waals surface area (Å²) in [4.78, 5) is 10.7. The third kappa shape index (κ3) is 3.01. The molecule has 2 aromatic heterocycles. The Kier molecular flexibility index (Phi) is 4.21. The van der Waals surface area contributed by atoms with Gasteiger partial charge in [-0.05, 0) is 25.8 Å². The molecule has 2 aromatic rings. The maximum absolute atomic E-state index is 11.5. The van der Waals surface area contributed by atoms with E-state index < -0.39 is 10.2 Å². The second-order valence-corrected chi connectivity index (χ2v) is 7.76. The van der Waals surface area contributed by atoms with Crippen molar-refractivity contribution in [3.63, 3.8) is 0 Å². The number of nitrogens with two attached hydrogens (primary N) is 1. The first kappa shape index (κ1) is 16.4. The molecule has 1 saturated heterocycles. The number of hydrogen-bond acceptors (Lipinski definition) is 5. The largest absolute Gasteiger partial charge is 0.342 e. The van der Waals surface area contributed by atoms with Gasteiger partial charge in [0.1, 0.15) is 6.33 Å². The van der Waals surface area contributed by atoms with Crippen LogP contribution in [0.25, 0.3) is 5.65 Å².